The largest absolute Gasteiger partial charge is 0.339 e. The summed E-state index contributed by atoms with van der Waals surface area (Å²) in [5, 5.41) is 7.57. The molecule has 3 rings (SSSR count). The van der Waals surface area contributed by atoms with Crippen LogP contribution in [0.25, 0.3) is 0 Å². The fourth-order valence-electron chi connectivity index (χ4n) is 3.01. The van der Waals surface area contributed by atoms with E-state index < -0.39 is 0 Å². The van der Waals surface area contributed by atoms with Crippen molar-refractivity contribution >= 4 is 0 Å². The first-order valence-corrected chi connectivity index (χ1v) is 6.97. The number of piperidine rings is 1. The van der Waals surface area contributed by atoms with E-state index in [2.05, 4.69) is 15.5 Å². The van der Waals surface area contributed by atoms with Crippen molar-refractivity contribution in [2.75, 3.05) is 13.1 Å². The molecule has 1 N–H and O–H groups in total. The average Bonchev–Trinajstić information content (AvgIpc) is 2.90. The van der Waals surface area contributed by atoms with Gasteiger partial charge in [-0.25, -0.2) is 0 Å². The number of hydrogen-bond acceptors (Lipinski definition) is 4. The van der Waals surface area contributed by atoms with Crippen molar-refractivity contribution in [1.29, 1.82) is 0 Å². The molecule has 1 aromatic rings. The zero-order valence-electron chi connectivity index (χ0n) is 10.3. The summed E-state index contributed by atoms with van der Waals surface area (Å²) in [5.74, 6) is 2.90. The van der Waals surface area contributed by atoms with Gasteiger partial charge in [-0.2, -0.15) is 4.98 Å². The second-order valence-corrected chi connectivity index (χ2v) is 5.35. The Kier molecular flexibility index (Phi) is 3.41. The molecule has 2 fully saturated rings. The number of nitrogens with one attached hydrogen (secondary N) is 1. The molecule has 0 unspecified atom stereocenters. The van der Waals surface area contributed by atoms with Crippen LogP contribution in [0.2, 0.25) is 0 Å². The highest BCUT2D eigenvalue weighted by atomic mass is 16.5. The molecule has 17 heavy (non-hydrogen) atoms. The molecule has 0 radical (unpaired) electrons. The van der Waals surface area contributed by atoms with Gasteiger partial charge in [0, 0.05) is 11.8 Å². The number of rotatable bonds is 2. The maximum Gasteiger partial charge on any atom is 0.229 e. The van der Waals surface area contributed by atoms with Crippen molar-refractivity contribution in [2.24, 2.45) is 0 Å². The summed E-state index contributed by atoms with van der Waals surface area (Å²) in [5.41, 5.74) is 0. The molecule has 0 amide bonds. The minimum Gasteiger partial charge on any atom is -0.339 e. The van der Waals surface area contributed by atoms with Crippen molar-refractivity contribution in [2.45, 2.75) is 56.8 Å². The van der Waals surface area contributed by atoms with E-state index in [1.807, 2.05) is 0 Å². The van der Waals surface area contributed by atoms with Crippen molar-refractivity contribution in [1.82, 2.24) is 15.5 Å². The first kappa shape index (κ1) is 11.2. The van der Waals surface area contributed by atoms with Crippen LogP contribution in [0.15, 0.2) is 4.52 Å². The fraction of sp³-hybridized carbons (Fsp3) is 0.846. The quantitative estimate of drug-likeness (QED) is 0.856. The van der Waals surface area contributed by atoms with Crippen molar-refractivity contribution < 1.29 is 4.52 Å². The van der Waals surface area contributed by atoms with Gasteiger partial charge in [0.2, 0.25) is 5.89 Å². The summed E-state index contributed by atoms with van der Waals surface area (Å²) >= 11 is 0. The van der Waals surface area contributed by atoms with Crippen LogP contribution in [-0.2, 0) is 0 Å². The normalized spacial score (nSPS) is 24.0. The van der Waals surface area contributed by atoms with Crippen LogP contribution in [0.4, 0.5) is 0 Å². The molecule has 2 heterocycles. The molecule has 0 bridgehead atoms. The van der Waals surface area contributed by atoms with Gasteiger partial charge in [0.25, 0.3) is 0 Å². The zero-order chi connectivity index (χ0) is 11.5. The Bertz CT molecular complexity index is 319. The second kappa shape index (κ2) is 5.17. The Labute approximate surface area is 102 Å². The second-order valence-electron chi connectivity index (χ2n) is 5.35. The summed E-state index contributed by atoms with van der Waals surface area (Å²) < 4.78 is 5.48. The highest BCUT2D eigenvalue weighted by Gasteiger charge is 2.25. The van der Waals surface area contributed by atoms with Gasteiger partial charge in [-0.1, -0.05) is 24.4 Å². The fourth-order valence-corrected chi connectivity index (χ4v) is 3.01. The van der Waals surface area contributed by atoms with E-state index in [9.17, 15) is 0 Å². The third-order valence-electron chi connectivity index (χ3n) is 4.12. The van der Waals surface area contributed by atoms with Crippen LogP contribution in [0.3, 0.4) is 0 Å². The lowest BCUT2D eigenvalue weighted by Gasteiger charge is -2.19. The molecule has 1 aromatic heterocycles. The highest BCUT2D eigenvalue weighted by Crippen LogP contribution is 2.32. The monoisotopic (exact) mass is 235 g/mol. The van der Waals surface area contributed by atoms with Gasteiger partial charge in [0.15, 0.2) is 5.82 Å². The Hall–Kier alpha value is -0.900. The molecular weight excluding hydrogens is 214 g/mol. The van der Waals surface area contributed by atoms with Crippen LogP contribution < -0.4 is 5.32 Å². The van der Waals surface area contributed by atoms with Gasteiger partial charge in [0.05, 0.1) is 0 Å². The maximum absolute atomic E-state index is 5.48. The zero-order valence-corrected chi connectivity index (χ0v) is 10.3. The van der Waals surface area contributed by atoms with Gasteiger partial charge in [0.1, 0.15) is 0 Å². The minimum absolute atomic E-state index is 0.511. The van der Waals surface area contributed by atoms with E-state index in [0.29, 0.717) is 11.8 Å². The third kappa shape index (κ3) is 2.51. The SMILES string of the molecule is C1CCC(c2nc(C3CCNCC3)no2)CC1. The molecule has 2 aliphatic rings. The van der Waals surface area contributed by atoms with Gasteiger partial charge >= 0.3 is 0 Å². The molecule has 1 saturated carbocycles. The van der Waals surface area contributed by atoms with Gasteiger partial charge in [-0.3, -0.25) is 0 Å². The summed E-state index contributed by atoms with van der Waals surface area (Å²) in [6.07, 6.45) is 8.74. The van der Waals surface area contributed by atoms with E-state index in [4.69, 9.17) is 4.52 Å². The van der Waals surface area contributed by atoms with E-state index in [1.165, 1.54) is 32.1 Å². The molecule has 1 saturated heterocycles. The first-order chi connectivity index (χ1) is 8.43. The van der Waals surface area contributed by atoms with Crippen LogP contribution in [-0.4, -0.2) is 23.2 Å². The van der Waals surface area contributed by atoms with Gasteiger partial charge in [-0.15, -0.1) is 0 Å². The highest BCUT2D eigenvalue weighted by molar-refractivity contribution is 5.01. The molecular formula is C13H21N3O. The first-order valence-electron chi connectivity index (χ1n) is 6.97. The lowest BCUT2D eigenvalue weighted by Crippen LogP contribution is -2.27. The molecule has 4 nitrogen and oxygen atoms in total. The van der Waals surface area contributed by atoms with E-state index in [-0.39, 0.29) is 0 Å². The van der Waals surface area contributed by atoms with Crippen LogP contribution in [0, 0.1) is 0 Å². The maximum atomic E-state index is 5.48. The molecule has 0 spiro atoms. The molecule has 1 aliphatic heterocycles. The van der Waals surface area contributed by atoms with Crippen LogP contribution >= 0.6 is 0 Å². The van der Waals surface area contributed by atoms with E-state index in [1.54, 1.807) is 0 Å². The Morgan fingerprint density at radius 2 is 1.71 bits per heavy atom. The van der Waals surface area contributed by atoms with E-state index in [0.717, 1.165) is 37.6 Å². The smallest absolute Gasteiger partial charge is 0.229 e. The van der Waals surface area contributed by atoms with Crippen molar-refractivity contribution in [3.05, 3.63) is 11.7 Å². The predicted octanol–water partition coefficient (Wildman–Crippen LogP) is 2.58. The van der Waals surface area contributed by atoms with Crippen molar-refractivity contribution in [3.63, 3.8) is 0 Å². The summed E-state index contributed by atoms with van der Waals surface area (Å²) in [6, 6.07) is 0. The lowest BCUT2D eigenvalue weighted by atomic mass is 9.89. The number of nitrogens with zero attached hydrogens (tertiary/aromatic N) is 2. The third-order valence-corrected chi connectivity index (χ3v) is 4.12. The number of aromatic nitrogens is 2. The topological polar surface area (TPSA) is 51.0 Å². The van der Waals surface area contributed by atoms with E-state index >= 15 is 0 Å². The summed E-state index contributed by atoms with van der Waals surface area (Å²) in [6.45, 7) is 2.16. The van der Waals surface area contributed by atoms with Crippen LogP contribution in [0.1, 0.15) is 68.5 Å². The standard InChI is InChI=1S/C13H21N3O/c1-2-4-11(5-3-1)13-15-12(16-17-13)10-6-8-14-9-7-10/h10-11,14H,1-9H2. The Morgan fingerprint density at radius 3 is 2.47 bits per heavy atom. The molecule has 94 valence electrons. The van der Waals surface area contributed by atoms with Crippen LogP contribution in [0.5, 0.6) is 0 Å². The molecule has 0 aromatic carbocycles. The summed E-state index contributed by atoms with van der Waals surface area (Å²) in [7, 11) is 0. The molecule has 1 aliphatic carbocycles. The molecule has 0 atom stereocenters. The van der Waals surface area contributed by atoms with Gasteiger partial charge < -0.3 is 9.84 Å². The Balaban J connectivity index is 1.68. The predicted molar refractivity (Wildman–Crippen MR) is 65.0 cm³/mol. The Morgan fingerprint density at radius 1 is 0.941 bits per heavy atom. The van der Waals surface area contributed by atoms with Crippen molar-refractivity contribution in [3.8, 4) is 0 Å². The average molecular weight is 235 g/mol. The molecule has 4 heteroatoms. The number of hydrogen-bond donors (Lipinski definition) is 1. The lowest BCUT2D eigenvalue weighted by molar-refractivity contribution is 0.309. The van der Waals surface area contributed by atoms with Gasteiger partial charge in [-0.05, 0) is 38.8 Å². The summed E-state index contributed by atoms with van der Waals surface area (Å²) in [4.78, 5) is 4.65. The minimum atomic E-state index is 0.511.